The van der Waals surface area contributed by atoms with E-state index in [1.807, 2.05) is 12.1 Å². The van der Waals surface area contributed by atoms with Crippen LogP contribution in [0.25, 0.3) is 10.9 Å². The van der Waals surface area contributed by atoms with Crippen LogP contribution in [0.2, 0.25) is 0 Å². The van der Waals surface area contributed by atoms with E-state index >= 15 is 0 Å². The molecule has 1 fully saturated rings. The number of piperazine rings is 1. The summed E-state index contributed by atoms with van der Waals surface area (Å²) in [6.45, 7) is 3.47. The molecule has 0 aliphatic carbocycles. The fourth-order valence-corrected chi connectivity index (χ4v) is 4.58. The van der Waals surface area contributed by atoms with Crippen molar-refractivity contribution in [1.82, 2.24) is 15.2 Å². The minimum atomic E-state index is 0.0475. The normalized spacial score (nSPS) is 14.2. The van der Waals surface area contributed by atoms with E-state index in [0.29, 0.717) is 82.7 Å². The number of nitrogens with one attached hydrogen (secondary N) is 2. The summed E-state index contributed by atoms with van der Waals surface area (Å²) < 4.78 is 28.1. The molecule has 1 aromatic heterocycles. The Kier molecular flexibility index (Phi) is 8.35. The van der Waals surface area contributed by atoms with Crippen LogP contribution in [0.1, 0.15) is 17.5 Å². The van der Waals surface area contributed by atoms with Crippen LogP contribution in [0.15, 0.2) is 30.5 Å². The zero-order chi connectivity index (χ0) is 27.9. The fourth-order valence-electron chi connectivity index (χ4n) is 4.58. The molecule has 2 aromatic carbocycles. The van der Waals surface area contributed by atoms with Gasteiger partial charge in [-0.2, -0.15) is 5.26 Å². The number of anilines is 2. The first-order valence-corrected chi connectivity index (χ1v) is 12.8. The van der Waals surface area contributed by atoms with E-state index in [1.165, 1.54) is 6.20 Å². The highest BCUT2D eigenvalue weighted by Crippen LogP contribution is 2.44. The van der Waals surface area contributed by atoms with Crippen LogP contribution in [0.4, 0.5) is 11.4 Å². The number of aromatic nitrogens is 1. The number of fused-ring (bicyclic) bond motifs is 2. The number of carbonyl (C=O) groups excluding carboxylic acids is 1. The van der Waals surface area contributed by atoms with Crippen LogP contribution < -0.4 is 29.6 Å². The molecule has 3 aromatic rings. The van der Waals surface area contributed by atoms with E-state index in [4.69, 9.17) is 23.7 Å². The number of nitriles is 1. The SMILES string of the molecule is COCC#Cc1ccc(Nc2c(C#N)cnc3cc(OCCCN4CCNC(=O)C4)c(OC)cc23)c2c1OCO2. The van der Waals surface area contributed by atoms with Gasteiger partial charge in [0.05, 0.1) is 48.3 Å². The number of amides is 1. The predicted octanol–water partition coefficient (Wildman–Crippen LogP) is 2.79. The van der Waals surface area contributed by atoms with Crippen molar-refractivity contribution in [2.24, 2.45) is 0 Å². The molecule has 0 spiro atoms. The van der Waals surface area contributed by atoms with E-state index in [0.717, 1.165) is 19.5 Å². The van der Waals surface area contributed by atoms with Crippen molar-refractivity contribution in [3.05, 3.63) is 41.6 Å². The second-order valence-electron chi connectivity index (χ2n) is 9.09. The number of nitrogens with zero attached hydrogens (tertiary/aromatic N) is 3. The maximum atomic E-state index is 11.6. The van der Waals surface area contributed by atoms with E-state index < -0.39 is 0 Å². The molecule has 5 rings (SSSR count). The van der Waals surface area contributed by atoms with Crippen LogP contribution in [0, 0.1) is 23.2 Å². The lowest BCUT2D eigenvalue weighted by atomic mass is 10.1. The van der Waals surface area contributed by atoms with Gasteiger partial charge < -0.3 is 34.3 Å². The Bertz CT molecular complexity index is 1520. The Labute approximate surface area is 231 Å². The fraction of sp³-hybridized carbons (Fsp3) is 0.345. The second-order valence-corrected chi connectivity index (χ2v) is 9.09. The smallest absolute Gasteiger partial charge is 0.234 e. The minimum absolute atomic E-state index is 0.0475. The van der Waals surface area contributed by atoms with Gasteiger partial charge in [-0.1, -0.05) is 11.8 Å². The van der Waals surface area contributed by atoms with Crippen molar-refractivity contribution in [2.75, 3.05) is 65.7 Å². The summed E-state index contributed by atoms with van der Waals surface area (Å²) in [7, 11) is 3.15. The quantitative estimate of drug-likeness (QED) is 0.307. The number of rotatable bonds is 9. The van der Waals surface area contributed by atoms with Gasteiger partial charge in [0.25, 0.3) is 0 Å². The predicted molar refractivity (Wildman–Crippen MR) is 147 cm³/mol. The topological polar surface area (TPSA) is 127 Å². The van der Waals surface area contributed by atoms with E-state index in [-0.39, 0.29) is 12.7 Å². The third kappa shape index (κ3) is 5.81. The average molecular weight is 544 g/mol. The number of ether oxygens (including phenoxy) is 5. The van der Waals surface area contributed by atoms with Gasteiger partial charge in [-0.25, -0.2) is 0 Å². The van der Waals surface area contributed by atoms with Crippen molar-refractivity contribution < 1.29 is 28.5 Å². The number of methoxy groups -OCH3 is 2. The molecule has 11 heteroatoms. The molecule has 1 amide bonds. The van der Waals surface area contributed by atoms with E-state index in [1.54, 1.807) is 26.4 Å². The number of pyridine rings is 1. The second kappa shape index (κ2) is 12.4. The summed E-state index contributed by atoms with van der Waals surface area (Å²) in [5.41, 5.74) is 2.84. The molecule has 0 atom stereocenters. The van der Waals surface area contributed by atoms with Gasteiger partial charge >= 0.3 is 0 Å². The third-order valence-electron chi connectivity index (χ3n) is 6.49. The van der Waals surface area contributed by atoms with Crippen molar-refractivity contribution in [3.63, 3.8) is 0 Å². The first-order chi connectivity index (χ1) is 19.6. The van der Waals surface area contributed by atoms with Gasteiger partial charge in [-0.15, -0.1) is 0 Å². The van der Waals surface area contributed by atoms with Crippen molar-refractivity contribution >= 4 is 28.2 Å². The molecule has 1 saturated heterocycles. The largest absolute Gasteiger partial charge is 0.493 e. The molecule has 11 nitrogen and oxygen atoms in total. The molecule has 40 heavy (non-hydrogen) atoms. The van der Waals surface area contributed by atoms with Gasteiger partial charge in [0.1, 0.15) is 12.7 Å². The lowest BCUT2D eigenvalue weighted by Gasteiger charge is -2.26. The highest BCUT2D eigenvalue weighted by molar-refractivity contribution is 5.98. The summed E-state index contributed by atoms with van der Waals surface area (Å²) in [6, 6.07) is 9.48. The number of carbonyl (C=O) groups is 1. The maximum absolute atomic E-state index is 11.6. The van der Waals surface area contributed by atoms with Crippen molar-refractivity contribution in [3.8, 4) is 40.9 Å². The Morgan fingerprint density at radius 3 is 2.85 bits per heavy atom. The average Bonchev–Trinajstić information content (AvgIpc) is 3.47. The first-order valence-electron chi connectivity index (χ1n) is 12.8. The molecule has 0 saturated carbocycles. The number of benzene rings is 2. The monoisotopic (exact) mass is 543 g/mol. The Morgan fingerprint density at radius 2 is 2.05 bits per heavy atom. The summed E-state index contributed by atoms with van der Waals surface area (Å²) in [6.07, 6.45) is 2.27. The third-order valence-corrected chi connectivity index (χ3v) is 6.49. The summed E-state index contributed by atoms with van der Waals surface area (Å²) in [4.78, 5) is 18.2. The number of hydrogen-bond acceptors (Lipinski definition) is 10. The van der Waals surface area contributed by atoms with Crippen LogP contribution in [-0.4, -0.2) is 76.2 Å². The highest BCUT2D eigenvalue weighted by Gasteiger charge is 2.23. The lowest BCUT2D eigenvalue weighted by molar-refractivity contribution is -0.124. The molecule has 206 valence electrons. The molecule has 0 unspecified atom stereocenters. The maximum Gasteiger partial charge on any atom is 0.234 e. The molecule has 2 N–H and O–H groups in total. The van der Waals surface area contributed by atoms with Crippen LogP contribution in [0.5, 0.6) is 23.0 Å². The van der Waals surface area contributed by atoms with Gasteiger partial charge in [-0.05, 0) is 24.6 Å². The molecular formula is C29H29N5O6. The zero-order valence-corrected chi connectivity index (χ0v) is 22.3. The Morgan fingerprint density at radius 1 is 1.18 bits per heavy atom. The van der Waals surface area contributed by atoms with Gasteiger partial charge in [0.15, 0.2) is 23.0 Å². The van der Waals surface area contributed by atoms with Crippen LogP contribution in [0.3, 0.4) is 0 Å². The Balaban J connectivity index is 1.39. The van der Waals surface area contributed by atoms with E-state index in [2.05, 4.69) is 38.4 Å². The van der Waals surface area contributed by atoms with Crippen LogP contribution >= 0.6 is 0 Å². The van der Waals surface area contributed by atoms with Crippen molar-refractivity contribution in [1.29, 1.82) is 5.26 Å². The van der Waals surface area contributed by atoms with Gasteiger partial charge in [0.2, 0.25) is 12.7 Å². The minimum Gasteiger partial charge on any atom is -0.493 e. The molecular weight excluding hydrogens is 514 g/mol. The molecule has 0 bridgehead atoms. The zero-order valence-electron chi connectivity index (χ0n) is 22.3. The highest BCUT2D eigenvalue weighted by atomic mass is 16.7. The lowest BCUT2D eigenvalue weighted by Crippen LogP contribution is -2.47. The molecule has 2 aliphatic rings. The first kappa shape index (κ1) is 26.9. The molecule has 0 radical (unpaired) electrons. The van der Waals surface area contributed by atoms with Crippen molar-refractivity contribution in [2.45, 2.75) is 6.42 Å². The molecule has 2 aliphatic heterocycles. The summed E-state index contributed by atoms with van der Waals surface area (Å²) in [5.74, 6) is 8.10. The Hall–Kier alpha value is -4.71. The standard InChI is InChI=1S/C29H29N5O6/c1-36-11-3-5-19-6-7-22(29-28(19)39-18-40-29)33-27-20(15-30)16-32-23-14-25(24(37-2)13-21(23)27)38-12-4-9-34-10-8-31-26(35)17-34/h6-7,13-14,16H,4,8-12,17-18H2,1-2H3,(H,31,35)(H,32,33). The van der Waals surface area contributed by atoms with Gasteiger partial charge in [-0.3, -0.25) is 14.7 Å². The van der Waals surface area contributed by atoms with E-state index in [9.17, 15) is 10.1 Å². The van der Waals surface area contributed by atoms with Gasteiger partial charge in [0, 0.05) is 44.4 Å². The number of hydrogen-bond donors (Lipinski definition) is 2. The summed E-state index contributed by atoms with van der Waals surface area (Å²) >= 11 is 0. The summed E-state index contributed by atoms with van der Waals surface area (Å²) in [5, 5.41) is 16.7. The molecule has 3 heterocycles. The van der Waals surface area contributed by atoms with Crippen LogP contribution in [-0.2, 0) is 9.53 Å².